The Kier molecular flexibility index (Phi) is 3.69. The molecule has 0 spiro atoms. The predicted molar refractivity (Wildman–Crippen MR) is 74.7 cm³/mol. The number of benzene rings is 1. The maximum Gasteiger partial charge on any atom is 0.187 e. The Bertz CT molecular complexity index is 450. The predicted octanol–water partition coefficient (Wildman–Crippen LogP) is 2.16. The smallest absolute Gasteiger partial charge is 0.187 e. The molecule has 0 aromatic heterocycles. The van der Waals surface area contributed by atoms with Crippen LogP contribution in [0.15, 0.2) is 29.3 Å². The summed E-state index contributed by atoms with van der Waals surface area (Å²) in [6, 6.07) is 8.25. The SMILES string of the molecule is COc1ccc(C2COC(C3CCNCC3)=N2)cc1. The molecule has 0 radical (unpaired) electrons. The number of piperidine rings is 1. The van der Waals surface area contributed by atoms with Gasteiger partial charge in [-0.2, -0.15) is 0 Å². The maximum atomic E-state index is 5.81. The molecule has 4 heteroatoms. The molecule has 102 valence electrons. The van der Waals surface area contributed by atoms with E-state index in [0.717, 1.165) is 37.6 Å². The zero-order valence-corrected chi connectivity index (χ0v) is 11.3. The zero-order valence-electron chi connectivity index (χ0n) is 11.3. The van der Waals surface area contributed by atoms with Crippen LogP contribution in [0.3, 0.4) is 0 Å². The summed E-state index contributed by atoms with van der Waals surface area (Å²) in [5.74, 6) is 2.34. The van der Waals surface area contributed by atoms with E-state index in [1.54, 1.807) is 7.11 Å². The summed E-state index contributed by atoms with van der Waals surface area (Å²) >= 11 is 0. The molecular weight excluding hydrogens is 240 g/mol. The van der Waals surface area contributed by atoms with Gasteiger partial charge in [-0.05, 0) is 43.6 Å². The Hall–Kier alpha value is -1.55. The molecule has 3 rings (SSSR count). The molecule has 0 aliphatic carbocycles. The Morgan fingerprint density at radius 1 is 1.21 bits per heavy atom. The van der Waals surface area contributed by atoms with E-state index in [0.29, 0.717) is 12.5 Å². The fourth-order valence-electron chi connectivity index (χ4n) is 2.68. The summed E-state index contributed by atoms with van der Waals surface area (Å²) in [4.78, 5) is 4.76. The van der Waals surface area contributed by atoms with Crippen LogP contribution in [0.4, 0.5) is 0 Å². The third kappa shape index (κ3) is 2.73. The molecule has 2 aliphatic heterocycles. The van der Waals surface area contributed by atoms with Gasteiger partial charge in [0.2, 0.25) is 0 Å². The average molecular weight is 260 g/mol. The highest BCUT2D eigenvalue weighted by Crippen LogP contribution is 2.28. The Labute approximate surface area is 113 Å². The van der Waals surface area contributed by atoms with E-state index in [4.69, 9.17) is 14.5 Å². The molecule has 1 unspecified atom stereocenters. The molecule has 19 heavy (non-hydrogen) atoms. The number of rotatable bonds is 3. The lowest BCUT2D eigenvalue weighted by molar-refractivity contribution is 0.285. The summed E-state index contributed by atoms with van der Waals surface area (Å²) < 4.78 is 11.0. The van der Waals surface area contributed by atoms with Crippen molar-refractivity contribution in [3.8, 4) is 5.75 Å². The Morgan fingerprint density at radius 2 is 1.95 bits per heavy atom. The van der Waals surface area contributed by atoms with Crippen molar-refractivity contribution >= 4 is 5.90 Å². The summed E-state index contributed by atoms with van der Waals surface area (Å²) in [5, 5.41) is 3.37. The minimum Gasteiger partial charge on any atom is -0.497 e. The summed E-state index contributed by atoms with van der Waals surface area (Å²) in [6.45, 7) is 2.81. The van der Waals surface area contributed by atoms with Crippen molar-refractivity contribution in [2.45, 2.75) is 18.9 Å². The molecule has 1 atom stereocenters. The second-order valence-electron chi connectivity index (χ2n) is 5.09. The fourth-order valence-corrected chi connectivity index (χ4v) is 2.68. The number of methoxy groups -OCH3 is 1. The topological polar surface area (TPSA) is 42.9 Å². The van der Waals surface area contributed by atoms with Crippen LogP contribution < -0.4 is 10.1 Å². The first-order valence-corrected chi connectivity index (χ1v) is 6.92. The first-order chi connectivity index (χ1) is 9.36. The van der Waals surface area contributed by atoms with Gasteiger partial charge >= 0.3 is 0 Å². The first kappa shape index (κ1) is 12.5. The van der Waals surface area contributed by atoms with Gasteiger partial charge in [0, 0.05) is 5.92 Å². The summed E-state index contributed by atoms with van der Waals surface area (Å²) in [7, 11) is 1.68. The number of hydrogen-bond donors (Lipinski definition) is 1. The van der Waals surface area contributed by atoms with Crippen LogP contribution in [0.1, 0.15) is 24.4 Å². The fraction of sp³-hybridized carbons (Fsp3) is 0.533. The monoisotopic (exact) mass is 260 g/mol. The van der Waals surface area contributed by atoms with E-state index in [-0.39, 0.29) is 6.04 Å². The maximum absolute atomic E-state index is 5.81. The van der Waals surface area contributed by atoms with Crippen molar-refractivity contribution in [3.05, 3.63) is 29.8 Å². The van der Waals surface area contributed by atoms with Crippen LogP contribution in [0.25, 0.3) is 0 Å². The van der Waals surface area contributed by atoms with Gasteiger partial charge in [0.05, 0.1) is 7.11 Å². The Balaban J connectivity index is 1.70. The molecule has 1 aromatic carbocycles. The number of nitrogens with one attached hydrogen (secondary N) is 1. The van der Waals surface area contributed by atoms with E-state index in [1.165, 1.54) is 5.56 Å². The van der Waals surface area contributed by atoms with Gasteiger partial charge < -0.3 is 14.8 Å². The van der Waals surface area contributed by atoms with Crippen LogP contribution in [0.5, 0.6) is 5.75 Å². The molecule has 4 nitrogen and oxygen atoms in total. The lowest BCUT2D eigenvalue weighted by Crippen LogP contribution is -2.31. The van der Waals surface area contributed by atoms with Crippen molar-refractivity contribution in [3.63, 3.8) is 0 Å². The quantitative estimate of drug-likeness (QED) is 0.905. The molecule has 1 fully saturated rings. The molecule has 0 amide bonds. The van der Waals surface area contributed by atoms with Crippen molar-refractivity contribution in [2.75, 3.05) is 26.8 Å². The normalized spacial score (nSPS) is 23.8. The molecule has 1 saturated heterocycles. The number of ether oxygens (including phenoxy) is 2. The van der Waals surface area contributed by atoms with Crippen molar-refractivity contribution in [1.29, 1.82) is 0 Å². The van der Waals surface area contributed by atoms with E-state index >= 15 is 0 Å². The number of hydrogen-bond acceptors (Lipinski definition) is 4. The summed E-state index contributed by atoms with van der Waals surface area (Å²) in [5.41, 5.74) is 1.20. The minimum atomic E-state index is 0.149. The molecule has 2 aliphatic rings. The van der Waals surface area contributed by atoms with Crippen LogP contribution in [0.2, 0.25) is 0 Å². The standard InChI is InChI=1S/C15H20N2O2/c1-18-13-4-2-11(3-5-13)14-10-19-15(17-14)12-6-8-16-9-7-12/h2-5,12,14,16H,6-10H2,1H3. The molecule has 2 heterocycles. The zero-order chi connectivity index (χ0) is 13.1. The van der Waals surface area contributed by atoms with E-state index in [2.05, 4.69) is 17.4 Å². The highest BCUT2D eigenvalue weighted by atomic mass is 16.5. The van der Waals surface area contributed by atoms with Gasteiger partial charge in [0.1, 0.15) is 18.4 Å². The van der Waals surface area contributed by atoms with Crippen LogP contribution in [0, 0.1) is 5.92 Å². The minimum absolute atomic E-state index is 0.149. The van der Waals surface area contributed by atoms with Gasteiger partial charge in [-0.3, -0.25) is 0 Å². The van der Waals surface area contributed by atoms with E-state index < -0.39 is 0 Å². The van der Waals surface area contributed by atoms with Crippen molar-refractivity contribution in [1.82, 2.24) is 5.32 Å². The van der Waals surface area contributed by atoms with Crippen LogP contribution >= 0.6 is 0 Å². The molecule has 0 saturated carbocycles. The second-order valence-corrected chi connectivity index (χ2v) is 5.09. The Morgan fingerprint density at radius 3 is 2.63 bits per heavy atom. The lowest BCUT2D eigenvalue weighted by atomic mass is 9.98. The van der Waals surface area contributed by atoms with E-state index in [9.17, 15) is 0 Å². The van der Waals surface area contributed by atoms with Crippen LogP contribution in [-0.4, -0.2) is 32.7 Å². The van der Waals surface area contributed by atoms with Gasteiger partial charge in [-0.1, -0.05) is 12.1 Å². The lowest BCUT2D eigenvalue weighted by Gasteiger charge is -2.21. The van der Waals surface area contributed by atoms with Gasteiger partial charge in [-0.25, -0.2) is 4.99 Å². The third-order valence-corrected chi connectivity index (χ3v) is 3.86. The van der Waals surface area contributed by atoms with Gasteiger partial charge in [0.15, 0.2) is 5.90 Å². The highest BCUT2D eigenvalue weighted by Gasteiger charge is 2.27. The van der Waals surface area contributed by atoms with Gasteiger partial charge in [-0.15, -0.1) is 0 Å². The molecule has 0 bridgehead atoms. The first-order valence-electron chi connectivity index (χ1n) is 6.92. The molecule has 1 N–H and O–H groups in total. The average Bonchev–Trinajstić information content (AvgIpc) is 2.98. The van der Waals surface area contributed by atoms with Crippen molar-refractivity contribution < 1.29 is 9.47 Å². The van der Waals surface area contributed by atoms with E-state index in [1.807, 2.05) is 12.1 Å². The van der Waals surface area contributed by atoms with Crippen LogP contribution in [-0.2, 0) is 4.74 Å². The third-order valence-electron chi connectivity index (χ3n) is 3.86. The highest BCUT2D eigenvalue weighted by molar-refractivity contribution is 5.80. The van der Waals surface area contributed by atoms with Crippen molar-refractivity contribution in [2.24, 2.45) is 10.9 Å². The largest absolute Gasteiger partial charge is 0.497 e. The molecule has 1 aromatic rings. The molecular formula is C15H20N2O2. The number of nitrogens with zero attached hydrogens (tertiary/aromatic N) is 1. The van der Waals surface area contributed by atoms with Gasteiger partial charge in [0.25, 0.3) is 0 Å². The number of aliphatic imine (C=N–C) groups is 1. The summed E-state index contributed by atoms with van der Waals surface area (Å²) in [6.07, 6.45) is 2.27. The second kappa shape index (κ2) is 5.61.